The highest BCUT2D eigenvalue weighted by Gasteiger charge is 2.09. The summed E-state index contributed by atoms with van der Waals surface area (Å²) >= 11 is 0. The van der Waals surface area contributed by atoms with Gasteiger partial charge in [-0.15, -0.1) is 0 Å². The highest BCUT2D eigenvalue weighted by molar-refractivity contribution is 5.15. The van der Waals surface area contributed by atoms with Crippen LogP contribution in [0.2, 0.25) is 0 Å². The third kappa shape index (κ3) is 2.00. The van der Waals surface area contributed by atoms with E-state index in [0.717, 1.165) is 0 Å². The minimum absolute atomic E-state index is 0.664. The summed E-state index contributed by atoms with van der Waals surface area (Å²) in [6.07, 6.45) is -0.906. The number of rotatable bonds is 3. The van der Waals surface area contributed by atoms with Crippen LogP contribution in [0.4, 0.5) is 4.53 Å². The Balaban J connectivity index is 2.74. The molecule has 0 saturated carbocycles. The molecule has 11 heavy (non-hydrogen) atoms. The van der Waals surface area contributed by atoms with E-state index in [2.05, 4.69) is 9.68 Å². The summed E-state index contributed by atoms with van der Waals surface area (Å²) in [7, 11) is 1.39. The molecule has 0 aliphatic carbocycles. The molecule has 1 rings (SSSR count). The van der Waals surface area contributed by atoms with Gasteiger partial charge in [0, 0.05) is 12.7 Å². The fourth-order valence-corrected chi connectivity index (χ4v) is 0.834. The summed E-state index contributed by atoms with van der Waals surface area (Å²) < 4.78 is 16.4. The maximum Gasteiger partial charge on any atom is 0.222 e. The Morgan fingerprint density at radius 2 is 1.91 bits per heavy atom. The van der Waals surface area contributed by atoms with Crippen LogP contribution in [0, 0.1) is 0 Å². The molecule has 0 aromatic heterocycles. The van der Waals surface area contributed by atoms with E-state index in [0.29, 0.717) is 5.56 Å². The maximum absolute atomic E-state index is 11.7. The Kier molecular flexibility index (Phi) is 3.01. The van der Waals surface area contributed by atoms with E-state index in [-0.39, 0.29) is 0 Å². The van der Waals surface area contributed by atoms with E-state index in [1.807, 2.05) is 6.07 Å². The molecule has 1 aromatic rings. The average molecular weight is 156 g/mol. The van der Waals surface area contributed by atoms with E-state index < -0.39 is 6.29 Å². The average Bonchev–Trinajstić information content (AvgIpc) is 2.09. The number of ether oxygens (including phenoxy) is 1. The van der Waals surface area contributed by atoms with Crippen molar-refractivity contribution in [1.82, 2.24) is 0 Å². The molecule has 0 aliphatic heterocycles. The summed E-state index contributed by atoms with van der Waals surface area (Å²) in [5.41, 5.74) is 0.664. The number of hydrogen-bond donors (Lipinski definition) is 0. The molecule has 0 bridgehead atoms. The van der Waals surface area contributed by atoms with Gasteiger partial charge >= 0.3 is 0 Å². The van der Waals surface area contributed by atoms with Gasteiger partial charge in [0.2, 0.25) is 6.29 Å². The molecule has 60 valence electrons. The zero-order chi connectivity index (χ0) is 8.10. The predicted molar refractivity (Wildman–Crippen MR) is 38.4 cm³/mol. The summed E-state index contributed by atoms with van der Waals surface area (Å²) in [5.74, 6) is 0. The Morgan fingerprint density at radius 1 is 1.27 bits per heavy atom. The van der Waals surface area contributed by atoms with Gasteiger partial charge in [0.05, 0.1) is 0 Å². The van der Waals surface area contributed by atoms with Crippen molar-refractivity contribution in [2.45, 2.75) is 6.29 Å². The maximum atomic E-state index is 11.7. The molecular weight excluding hydrogens is 147 g/mol. The molecule has 0 spiro atoms. The van der Waals surface area contributed by atoms with Crippen LogP contribution in [0.15, 0.2) is 30.3 Å². The molecule has 0 fully saturated rings. The highest BCUT2D eigenvalue weighted by atomic mass is 19.3. The van der Waals surface area contributed by atoms with Crippen LogP contribution in [-0.4, -0.2) is 7.11 Å². The number of halogens is 1. The van der Waals surface area contributed by atoms with Crippen molar-refractivity contribution >= 4 is 0 Å². The first-order valence-corrected chi connectivity index (χ1v) is 3.23. The van der Waals surface area contributed by atoms with Crippen LogP contribution >= 0.6 is 0 Å². The zero-order valence-corrected chi connectivity index (χ0v) is 6.16. The largest absolute Gasteiger partial charge is 0.349 e. The Morgan fingerprint density at radius 3 is 2.36 bits per heavy atom. The Labute approximate surface area is 64.5 Å². The van der Waals surface area contributed by atoms with Gasteiger partial charge in [-0.1, -0.05) is 30.3 Å². The van der Waals surface area contributed by atoms with Gasteiger partial charge in [0.1, 0.15) is 0 Å². The van der Waals surface area contributed by atoms with E-state index in [4.69, 9.17) is 0 Å². The number of benzene rings is 1. The molecule has 1 unspecified atom stereocenters. The van der Waals surface area contributed by atoms with Gasteiger partial charge < -0.3 is 4.74 Å². The van der Waals surface area contributed by atoms with Crippen LogP contribution in [0.3, 0.4) is 0 Å². The SMILES string of the molecule is COC(OF)c1ccccc1. The second-order valence-electron chi connectivity index (χ2n) is 2.07. The van der Waals surface area contributed by atoms with Crippen molar-refractivity contribution in [3.8, 4) is 0 Å². The molecular formula is C8H9FO2. The first-order chi connectivity index (χ1) is 5.38. The summed E-state index contributed by atoms with van der Waals surface area (Å²) in [5, 5.41) is 0. The normalized spacial score (nSPS) is 12.9. The van der Waals surface area contributed by atoms with Crippen LogP contribution in [0.5, 0.6) is 0 Å². The second-order valence-corrected chi connectivity index (χ2v) is 2.07. The molecule has 0 amide bonds. The van der Waals surface area contributed by atoms with Gasteiger partial charge in [-0.05, 0) is 4.53 Å². The van der Waals surface area contributed by atoms with Gasteiger partial charge in [0.25, 0.3) is 0 Å². The molecule has 0 N–H and O–H groups in total. The molecule has 0 aliphatic rings. The Bertz CT molecular complexity index is 197. The van der Waals surface area contributed by atoms with Crippen molar-refractivity contribution in [1.29, 1.82) is 0 Å². The lowest BCUT2D eigenvalue weighted by atomic mass is 10.2. The number of methoxy groups -OCH3 is 1. The van der Waals surface area contributed by atoms with Crippen LogP contribution < -0.4 is 0 Å². The van der Waals surface area contributed by atoms with E-state index in [1.165, 1.54) is 7.11 Å². The fraction of sp³-hybridized carbons (Fsp3) is 0.250. The summed E-state index contributed by atoms with van der Waals surface area (Å²) in [6.45, 7) is 0. The van der Waals surface area contributed by atoms with Gasteiger partial charge in [-0.25, -0.2) is 0 Å². The fourth-order valence-electron chi connectivity index (χ4n) is 0.834. The zero-order valence-electron chi connectivity index (χ0n) is 6.16. The molecule has 3 heteroatoms. The lowest BCUT2D eigenvalue weighted by Crippen LogP contribution is -2.00. The van der Waals surface area contributed by atoms with Crippen molar-refractivity contribution in [3.63, 3.8) is 0 Å². The molecule has 1 aromatic carbocycles. The van der Waals surface area contributed by atoms with E-state index in [9.17, 15) is 4.53 Å². The number of hydrogen-bond acceptors (Lipinski definition) is 2. The third-order valence-electron chi connectivity index (χ3n) is 1.37. The van der Waals surface area contributed by atoms with Crippen LogP contribution in [-0.2, 0) is 9.68 Å². The molecule has 0 saturated heterocycles. The standard InChI is InChI=1S/C8H9FO2/c1-10-8(11-9)7-5-3-2-4-6-7/h2-6,8H,1H3. The quantitative estimate of drug-likeness (QED) is 0.625. The highest BCUT2D eigenvalue weighted by Crippen LogP contribution is 2.16. The predicted octanol–water partition coefficient (Wildman–Crippen LogP) is 2.23. The monoisotopic (exact) mass is 156 g/mol. The molecule has 2 nitrogen and oxygen atoms in total. The third-order valence-corrected chi connectivity index (χ3v) is 1.37. The van der Waals surface area contributed by atoms with Crippen LogP contribution in [0.25, 0.3) is 0 Å². The van der Waals surface area contributed by atoms with Crippen molar-refractivity contribution in [2.75, 3.05) is 7.11 Å². The van der Waals surface area contributed by atoms with Crippen molar-refractivity contribution in [2.24, 2.45) is 0 Å². The van der Waals surface area contributed by atoms with E-state index >= 15 is 0 Å². The molecule has 0 heterocycles. The minimum atomic E-state index is -0.906. The van der Waals surface area contributed by atoms with Crippen molar-refractivity contribution < 1.29 is 14.2 Å². The second kappa shape index (κ2) is 4.05. The smallest absolute Gasteiger partial charge is 0.222 e. The first kappa shape index (κ1) is 8.17. The van der Waals surface area contributed by atoms with Gasteiger partial charge in [0.15, 0.2) is 0 Å². The minimum Gasteiger partial charge on any atom is -0.349 e. The van der Waals surface area contributed by atoms with Crippen LogP contribution in [0.1, 0.15) is 11.9 Å². The summed E-state index contributed by atoms with van der Waals surface area (Å²) in [4.78, 5) is 3.56. The Hall–Kier alpha value is -0.930. The van der Waals surface area contributed by atoms with Gasteiger partial charge in [-0.2, -0.15) is 4.94 Å². The first-order valence-electron chi connectivity index (χ1n) is 3.23. The molecule has 0 radical (unpaired) electrons. The molecule has 1 atom stereocenters. The summed E-state index contributed by atoms with van der Waals surface area (Å²) in [6, 6.07) is 8.89. The lowest BCUT2D eigenvalue weighted by molar-refractivity contribution is -0.271. The van der Waals surface area contributed by atoms with Crippen molar-refractivity contribution in [3.05, 3.63) is 35.9 Å². The van der Waals surface area contributed by atoms with Gasteiger partial charge in [-0.3, -0.25) is 0 Å². The topological polar surface area (TPSA) is 18.5 Å². The lowest BCUT2D eigenvalue weighted by Gasteiger charge is -2.08. The van der Waals surface area contributed by atoms with E-state index in [1.54, 1.807) is 24.3 Å².